The first-order chi connectivity index (χ1) is 18.0. The third-order valence-corrected chi connectivity index (χ3v) is 8.79. The van der Waals surface area contributed by atoms with E-state index in [1.807, 2.05) is 13.8 Å². The normalized spacial score (nSPS) is 12.8. The van der Waals surface area contributed by atoms with Crippen LogP contribution in [0.3, 0.4) is 0 Å². The fourth-order valence-corrected chi connectivity index (χ4v) is 7.63. The smallest absolute Gasteiger partial charge is 0.147 e. The summed E-state index contributed by atoms with van der Waals surface area (Å²) in [6.07, 6.45) is -0.0257. The molecule has 40 heavy (non-hydrogen) atoms. The van der Waals surface area contributed by atoms with Crippen molar-refractivity contribution in [2.75, 3.05) is 22.9 Å². The molecular weight excluding hydrogens is 634 g/mol. The molecule has 4 rings (SSSR count). The van der Waals surface area contributed by atoms with E-state index in [9.17, 15) is 10.1 Å². The van der Waals surface area contributed by atoms with Crippen LogP contribution in [0, 0.1) is 51.7 Å². The van der Waals surface area contributed by atoms with Gasteiger partial charge in [-0.1, -0.05) is 0 Å². The van der Waals surface area contributed by atoms with Crippen LogP contribution in [0.15, 0.2) is 42.5 Å². The van der Waals surface area contributed by atoms with Gasteiger partial charge in [0.1, 0.15) is 0 Å². The molecule has 1 aliphatic heterocycles. The second-order valence-electron chi connectivity index (χ2n) is 10.4. The summed E-state index contributed by atoms with van der Waals surface area (Å²) in [4.78, 5) is 16.2. The van der Waals surface area contributed by atoms with Gasteiger partial charge in [-0.05, 0) is 0 Å². The van der Waals surface area contributed by atoms with Crippen molar-refractivity contribution >= 4 is 50.8 Å². The molecule has 6 nitrogen and oxygen atoms in total. The van der Waals surface area contributed by atoms with Gasteiger partial charge in [0, 0.05) is 0 Å². The van der Waals surface area contributed by atoms with Crippen LogP contribution in [0.4, 0.5) is 17.1 Å². The summed E-state index contributed by atoms with van der Waals surface area (Å²) in [5.74, 6) is 0.682. The van der Waals surface area contributed by atoms with Gasteiger partial charge >= 0.3 is 234 Å². The van der Waals surface area contributed by atoms with E-state index in [1.54, 1.807) is 12.1 Å². The maximum Gasteiger partial charge on any atom is -0.147 e. The summed E-state index contributed by atoms with van der Waals surface area (Å²) in [5, 5.41) is 11.6. The Bertz CT molecular complexity index is 1370. The van der Waals surface area contributed by atoms with E-state index in [4.69, 9.17) is 4.74 Å². The van der Waals surface area contributed by atoms with Gasteiger partial charge in [-0.25, -0.2) is 0 Å². The Kier molecular flexibility index (Phi) is 11.6. The van der Waals surface area contributed by atoms with E-state index in [-0.39, 0.29) is 41.5 Å². The van der Waals surface area contributed by atoms with Crippen LogP contribution in [-0.2, 0) is 16.2 Å². The number of nitro benzene ring substituents is 1. The Morgan fingerprint density at radius 1 is 0.825 bits per heavy atom. The van der Waals surface area contributed by atoms with Crippen LogP contribution in [0.2, 0.25) is 0 Å². The van der Waals surface area contributed by atoms with Crippen LogP contribution in [0.1, 0.15) is 52.8 Å². The van der Waals surface area contributed by atoms with E-state index < -0.39 is 16.2 Å². The second-order valence-corrected chi connectivity index (χ2v) is 12.2. The zero-order valence-electron chi connectivity index (χ0n) is 24.3. The largest absolute Gasteiger partial charge is 0.147 e. The van der Waals surface area contributed by atoms with E-state index in [2.05, 4.69) is 80.2 Å². The molecule has 0 saturated carbocycles. The number of nitro groups is 1. The molecule has 0 unspecified atom stereocenters. The molecule has 218 valence electrons. The van der Waals surface area contributed by atoms with Gasteiger partial charge in [-0.2, -0.15) is 0 Å². The summed E-state index contributed by atoms with van der Waals surface area (Å²) in [6.45, 7) is 18.8. The molecule has 3 aromatic carbocycles. The van der Waals surface area contributed by atoms with Gasteiger partial charge in [0.05, 0.1) is 0 Å². The Balaban J connectivity index is 0.00000280. The number of hydrogen-bond donors (Lipinski definition) is 0. The quantitative estimate of drug-likeness (QED) is 0.155. The van der Waals surface area contributed by atoms with E-state index in [0.29, 0.717) is 5.75 Å². The van der Waals surface area contributed by atoms with Crippen molar-refractivity contribution in [1.82, 2.24) is 0 Å². The van der Waals surface area contributed by atoms with Gasteiger partial charge in [0.15, 0.2) is 0 Å². The van der Waals surface area contributed by atoms with Crippen molar-refractivity contribution in [3.8, 4) is 5.75 Å². The van der Waals surface area contributed by atoms with Crippen molar-refractivity contribution in [2.45, 2.75) is 61.5 Å². The zero-order chi connectivity index (χ0) is 27.7. The molecule has 1 heterocycles. The first-order valence-electron chi connectivity index (χ1n) is 12.9. The van der Waals surface area contributed by atoms with Gasteiger partial charge in [-0.3, -0.25) is 0 Å². The average Bonchev–Trinajstić information content (AvgIpc) is 3.19. The zero-order valence-corrected chi connectivity index (χ0v) is 27.7. The molecule has 0 spiro atoms. The average molecular weight is 674 g/mol. The Morgan fingerprint density at radius 3 is 1.68 bits per heavy atom. The number of benzene rings is 3. The molecule has 3 aromatic rings. The van der Waals surface area contributed by atoms with Gasteiger partial charge in [-0.15, -0.1) is 24.8 Å². The third kappa shape index (κ3) is 7.18. The second kappa shape index (κ2) is 13.8. The van der Waals surface area contributed by atoms with E-state index in [1.165, 1.54) is 55.2 Å². The predicted molar refractivity (Wildman–Crippen MR) is 170 cm³/mol. The van der Waals surface area contributed by atoms with Crippen LogP contribution >= 0.6 is 24.8 Å². The number of aryl methyl sites for hydroxylation is 6. The maximum atomic E-state index is 11.6. The number of nitrogens with zero attached hydrogens (tertiary/aromatic N) is 3. The predicted octanol–water partition coefficient (Wildman–Crippen LogP) is 7.42. The minimum Gasteiger partial charge on any atom is -0.147 e. The van der Waals surface area contributed by atoms with E-state index in [0.717, 1.165) is 18.7 Å². The molecular formula is C31H39Cl2N3O3Ru. The van der Waals surface area contributed by atoms with Crippen LogP contribution < -0.4 is 14.5 Å². The van der Waals surface area contributed by atoms with Crippen LogP contribution in [0.5, 0.6) is 5.75 Å². The first kappa shape index (κ1) is 33.6. The Morgan fingerprint density at radius 2 is 1.27 bits per heavy atom. The minimum atomic E-state index is -0.455. The number of hydrogen-bond acceptors (Lipinski definition) is 5. The fraction of sp³-hybridized carbons (Fsp3) is 0.355. The molecule has 1 aliphatic rings. The van der Waals surface area contributed by atoms with Crippen LogP contribution in [-0.4, -0.2) is 33.1 Å². The monoisotopic (exact) mass is 673 g/mol. The Hall–Kier alpha value is -2.60. The van der Waals surface area contributed by atoms with Crippen LogP contribution in [0.25, 0.3) is 0 Å². The third-order valence-electron chi connectivity index (χ3n) is 6.61. The van der Waals surface area contributed by atoms with E-state index >= 15 is 0 Å². The number of ether oxygens (including phenoxy) is 1. The molecule has 0 N–H and O–H groups in total. The molecule has 0 atom stereocenters. The van der Waals surface area contributed by atoms with Gasteiger partial charge in [0.2, 0.25) is 0 Å². The molecule has 9 heteroatoms. The fourth-order valence-electron chi connectivity index (χ4n) is 5.42. The minimum absolute atomic E-state index is 0. The summed E-state index contributed by atoms with van der Waals surface area (Å²) in [5.41, 5.74) is 11.0. The van der Waals surface area contributed by atoms with Gasteiger partial charge in [0.25, 0.3) is 0 Å². The molecule has 0 amide bonds. The first-order valence-corrected chi connectivity index (χ1v) is 14.8. The summed E-state index contributed by atoms with van der Waals surface area (Å²) in [6, 6.07) is 13.9. The summed E-state index contributed by atoms with van der Waals surface area (Å²) in [7, 11) is 0. The SMILES string of the molecule is Cc1cc(C)c(N2CCN(c3c(C)cc(C)cc3C)[C]2=[Ru]=[CH]c2cc([N+](=O)[O-])ccc2OC(C)C)c(C)c1.Cl.Cl. The summed E-state index contributed by atoms with van der Waals surface area (Å²) >= 11 is -0.455. The molecule has 0 aliphatic carbocycles. The standard InChI is InChI=1S/C21H26N2.C10H11NO3.2ClH.Ru/c1-14-9-16(3)20(17(4)10-14)22-7-8-23(13-22)21-18(5)11-15(2)12-19(21)6;1-7(2)14-10-5-4-9(11(12)13)6-8(10)3;;;/h9-12H,7-8H2,1-6H3;3-7H,1-2H3;2*1H;. The summed E-state index contributed by atoms with van der Waals surface area (Å²) < 4.78 is 9.46. The molecule has 0 radical (unpaired) electrons. The molecule has 0 bridgehead atoms. The van der Waals surface area contributed by atoms with Crippen molar-refractivity contribution < 1.29 is 25.9 Å². The van der Waals surface area contributed by atoms with Crippen molar-refractivity contribution in [1.29, 1.82) is 0 Å². The number of non-ortho nitro benzene ring substituents is 1. The molecule has 0 aromatic heterocycles. The Labute approximate surface area is 257 Å². The number of halogens is 2. The molecule has 1 fully saturated rings. The van der Waals surface area contributed by atoms with Crippen molar-refractivity contribution in [3.63, 3.8) is 0 Å². The molecule has 1 saturated heterocycles. The van der Waals surface area contributed by atoms with Gasteiger partial charge < -0.3 is 0 Å². The van der Waals surface area contributed by atoms with Crippen molar-refractivity contribution in [2.24, 2.45) is 0 Å². The number of anilines is 2. The maximum absolute atomic E-state index is 11.6. The number of rotatable bonds is 6. The topological polar surface area (TPSA) is 58.9 Å². The van der Waals surface area contributed by atoms with Crippen molar-refractivity contribution in [3.05, 3.63) is 91.5 Å².